The first kappa shape index (κ1) is 11.6. The number of rotatable bonds is 0. The Morgan fingerprint density at radius 2 is 1.52 bits per heavy atom. The molecule has 0 saturated carbocycles. The van der Waals surface area contributed by atoms with Crippen molar-refractivity contribution in [1.29, 1.82) is 0 Å². The Bertz CT molecular complexity index is 699. The Kier molecular flexibility index (Phi) is 1.87. The van der Waals surface area contributed by atoms with Crippen LogP contribution in [-0.2, 0) is 15.9 Å². The van der Waals surface area contributed by atoms with E-state index < -0.39 is 11.2 Å². The molecular weight excluding hydrogens is 266 g/mol. The molecule has 4 unspecified atom stereocenters. The van der Waals surface area contributed by atoms with Crippen molar-refractivity contribution in [3.8, 4) is 11.5 Å². The molecule has 0 N–H and O–H groups in total. The second kappa shape index (κ2) is 3.39. The molecule has 2 aromatic rings. The van der Waals surface area contributed by atoms with E-state index in [9.17, 15) is 0 Å². The SMILES string of the molecule is CC12OC(C)(c3cnccc31)C1Oc3ccccc3OC12. The van der Waals surface area contributed by atoms with Crippen LogP contribution in [0.15, 0.2) is 42.7 Å². The number of aromatic nitrogens is 1. The minimum Gasteiger partial charge on any atom is -0.479 e. The average molecular weight is 281 g/mol. The van der Waals surface area contributed by atoms with Crippen LogP contribution < -0.4 is 9.47 Å². The van der Waals surface area contributed by atoms with Crippen LogP contribution in [-0.4, -0.2) is 17.2 Å². The minimum atomic E-state index is -0.517. The van der Waals surface area contributed by atoms with Gasteiger partial charge in [-0.25, -0.2) is 0 Å². The Hall–Kier alpha value is -2.07. The number of hydrogen-bond acceptors (Lipinski definition) is 4. The number of benzene rings is 1. The van der Waals surface area contributed by atoms with E-state index in [1.807, 2.05) is 42.7 Å². The van der Waals surface area contributed by atoms with Crippen molar-refractivity contribution in [2.24, 2.45) is 0 Å². The standard InChI is InChI=1S/C17H15NO3/c1-16-10-7-8-18-9-11(10)17(2,21-16)15-14(16)19-12-5-3-4-6-13(12)20-15/h3-9,14-15H,1-2H3. The van der Waals surface area contributed by atoms with Crippen LogP contribution in [0, 0.1) is 0 Å². The molecule has 0 spiro atoms. The van der Waals surface area contributed by atoms with E-state index in [0.717, 1.165) is 22.6 Å². The summed E-state index contributed by atoms with van der Waals surface area (Å²) in [7, 11) is 0. The van der Waals surface area contributed by atoms with Crippen LogP contribution in [0.25, 0.3) is 0 Å². The number of ether oxygens (including phenoxy) is 3. The molecule has 4 nitrogen and oxygen atoms in total. The lowest BCUT2D eigenvalue weighted by atomic mass is 9.75. The number of fused-ring (bicyclic) bond motifs is 9. The highest BCUT2D eigenvalue weighted by atomic mass is 16.7. The highest BCUT2D eigenvalue weighted by Crippen LogP contribution is 2.61. The molecule has 4 heteroatoms. The fourth-order valence-electron chi connectivity index (χ4n) is 4.04. The van der Waals surface area contributed by atoms with Crippen LogP contribution in [0.3, 0.4) is 0 Å². The third-order valence-corrected chi connectivity index (χ3v) is 5.03. The fourth-order valence-corrected chi connectivity index (χ4v) is 4.04. The summed E-state index contributed by atoms with van der Waals surface area (Å²) in [6.45, 7) is 4.15. The van der Waals surface area contributed by atoms with Gasteiger partial charge in [0, 0.05) is 18.0 Å². The van der Waals surface area contributed by atoms with Crippen LogP contribution in [0.2, 0.25) is 0 Å². The van der Waals surface area contributed by atoms with E-state index in [4.69, 9.17) is 14.2 Å². The molecule has 1 aromatic heterocycles. The maximum absolute atomic E-state index is 6.41. The van der Waals surface area contributed by atoms with Crippen LogP contribution in [0.1, 0.15) is 25.0 Å². The first-order chi connectivity index (χ1) is 10.1. The number of pyridine rings is 1. The molecule has 2 bridgehead atoms. The Morgan fingerprint density at radius 1 is 0.905 bits per heavy atom. The first-order valence-corrected chi connectivity index (χ1v) is 7.20. The molecule has 4 atom stereocenters. The molecule has 0 aliphatic carbocycles. The molecule has 1 fully saturated rings. The van der Waals surface area contributed by atoms with Gasteiger partial charge >= 0.3 is 0 Å². The monoisotopic (exact) mass is 281 g/mol. The molecule has 3 aliphatic rings. The summed E-state index contributed by atoms with van der Waals surface area (Å²) in [5, 5.41) is 0. The smallest absolute Gasteiger partial charge is 0.172 e. The predicted octanol–water partition coefficient (Wildman–Crippen LogP) is 2.76. The lowest BCUT2D eigenvalue weighted by Gasteiger charge is -2.40. The quantitative estimate of drug-likeness (QED) is 0.744. The van der Waals surface area contributed by atoms with Gasteiger partial charge in [-0.1, -0.05) is 12.1 Å². The highest BCUT2D eigenvalue weighted by Gasteiger charge is 2.70. The number of para-hydroxylation sites is 2. The van der Waals surface area contributed by atoms with E-state index in [0.29, 0.717) is 0 Å². The van der Waals surface area contributed by atoms with E-state index in [-0.39, 0.29) is 12.2 Å². The van der Waals surface area contributed by atoms with Crippen LogP contribution in [0.4, 0.5) is 0 Å². The second-order valence-electron chi connectivity index (χ2n) is 6.26. The van der Waals surface area contributed by atoms with Crippen molar-refractivity contribution < 1.29 is 14.2 Å². The highest BCUT2D eigenvalue weighted by molar-refractivity contribution is 5.50. The van der Waals surface area contributed by atoms with Gasteiger partial charge in [0.15, 0.2) is 23.7 Å². The lowest BCUT2D eigenvalue weighted by Crippen LogP contribution is -2.53. The predicted molar refractivity (Wildman–Crippen MR) is 75.3 cm³/mol. The summed E-state index contributed by atoms with van der Waals surface area (Å²) < 4.78 is 18.9. The third-order valence-electron chi connectivity index (χ3n) is 5.03. The normalized spacial score (nSPS) is 38.0. The van der Waals surface area contributed by atoms with Crippen LogP contribution in [0.5, 0.6) is 11.5 Å². The molecule has 5 rings (SSSR count). The summed E-state index contributed by atoms with van der Waals surface area (Å²) in [5.41, 5.74) is 1.25. The summed E-state index contributed by atoms with van der Waals surface area (Å²) in [6, 6.07) is 9.82. The maximum atomic E-state index is 6.41. The van der Waals surface area contributed by atoms with E-state index in [2.05, 4.69) is 18.8 Å². The summed E-state index contributed by atoms with van der Waals surface area (Å²) >= 11 is 0. The van der Waals surface area contributed by atoms with Crippen molar-refractivity contribution in [3.63, 3.8) is 0 Å². The third kappa shape index (κ3) is 1.19. The van der Waals surface area contributed by atoms with Gasteiger partial charge in [0.05, 0.1) is 0 Å². The van der Waals surface area contributed by atoms with Crippen LogP contribution >= 0.6 is 0 Å². The molecular formula is C17H15NO3. The molecule has 106 valence electrons. The minimum absolute atomic E-state index is 0.146. The van der Waals surface area contributed by atoms with Crippen molar-refractivity contribution in [1.82, 2.24) is 4.98 Å². The van der Waals surface area contributed by atoms with E-state index in [1.165, 1.54) is 0 Å². The van der Waals surface area contributed by atoms with E-state index in [1.54, 1.807) is 0 Å². The lowest BCUT2D eigenvalue weighted by molar-refractivity contribution is -0.0916. The molecule has 21 heavy (non-hydrogen) atoms. The van der Waals surface area contributed by atoms with Gasteiger partial charge in [-0.3, -0.25) is 4.98 Å². The zero-order valence-corrected chi connectivity index (χ0v) is 11.9. The van der Waals surface area contributed by atoms with Crippen molar-refractivity contribution >= 4 is 0 Å². The Balaban J connectivity index is 1.72. The van der Waals surface area contributed by atoms with Gasteiger partial charge in [0.2, 0.25) is 0 Å². The molecule has 1 aromatic carbocycles. The summed E-state index contributed by atoms with van der Waals surface area (Å²) in [4.78, 5) is 4.26. The van der Waals surface area contributed by atoms with Gasteiger partial charge in [-0.15, -0.1) is 0 Å². The topological polar surface area (TPSA) is 40.6 Å². The molecule has 1 saturated heterocycles. The molecule has 0 radical (unpaired) electrons. The van der Waals surface area contributed by atoms with E-state index >= 15 is 0 Å². The van der Waals surface area contributed by atoms with Gasteiger partial charge < -0.3 is 14.2 Å². The van der Waals surface area contributed by atoms with Gasteiger partial charge in [-0.2, -0.15) is 0 Å². The largest absolute Gasteiger partial charge is 0.479 e. The fraction of sp³-hybridized carbons (Fsp3) is 0.353. The molecule has 3 aliphatic heterocycles. The van der Waals surface area contributed by atoms with Crippen molar-refractivity contribution in [2.45, 2.75) is 37.3 Å². The zero-order valence-electron chi connectivity index (χ0n) is 11.9. The van der Waals surface area contributed by atoms with Gasteiger partial charge in [0.1, 0.15) is 11.2 Å². The van der Waals surface area contributed by atoms with Gasteiger partial charge in [0.25, 0.3) is 0 Å². The second-order valence-corrected chi connectivity index (χ2v) is 6.26. The number of hydrogen-bond donors (Lipinski definition) is 0. The van der Waals surface area contributed by atoms with Gasteiger partial charge in [-0.05, 0) is 37.6 Å². The maximum Gasteiger partial charge on any atom is 0.172 e. The first-order valence-electron chi connectivity index (χ1n) is 7.20. The Morgan fingerprint density at radius 3 is 2.19 bits per heavy atom. The van der Waals surface area contributed by atoms with Crippen molar-refractivity contribution in [2.75, 3.05) is 0 Å². The summed E-state index contributed by atoms with van der Waals surface area (Å²) in [5.74, 6) is 1.57. The molecule has 4 heterocycles. The Labute approximate surface area is 122 Å². The number of nitrogens with zero attached hydrogens (tertiary/aromatic N) is 1. The zero-order chi connectivity index (χ0) is 14.2. The average Bonchev–Trinajstić information content (AvgIpc) is 2.89. The summed E-state index contributed by atoms with van der Waals surface area (Å²) in [6.07, 6.45) is 3.39. The molecule has 0 amide bonds. The van der Waals surface area contributed by atoms with Crippen molar-refractivity contribution in [3.05, 3.63) is 53.9 Å².